The fourth-order valence-electron chi connectivity index (χ4n) is 3.13. The fraction of sp³-hybridized carbons (Fsp3) is 0.929. The Hall–Kier alpha value is -0.730. The Bertz CT molecular complexity index is 338. The van der Waals surface area contributed by atoms with Crippen molar-refractivity contribution in [3.05, 3.63) is 0 Å². The van der Waals surface area contributed by atoms with Crippen molar-refractivity contribution >= 4 is 0 Å². The lowest BCUT2D eigenvalue weighted by Gasteiger charge is -2.31. The van der Waals surface area contributed by atoms with E-state index in [1.165, 1.54) is 12.8 Å². The molecule has 0 aromatic rings. The van der Waals surface area contributed by atoms with Crippen LogP contribution in [0.5, 0.6) is 0 Å². The third-order valence-corrected chi connectivity index (χ3v) is 4.37. The Labute approximate surface area is 114 Å². The van der Waals surface area contributed by atoms with Crippen LogP contribution in [-0.2, 0) is 0 Å². The fourth-order valence-corrected chi connectivity index (χ4v) is 3.13. The molecule has 0 radical (unpaired) electrons. The largest absolute Gasteiger partial charge is 0.301 e. The SMILES string of the molecule is CN(CCC1CCCC1(C#N)NC1CC1)CC(F)F. The Morgan fingerprint density at radius 3 is 2.74 bits per heavy atom. The monoisotopic (exact) mass is 271 g/mol. The maximum absolute atomic E-state index is 12.3. The van der Waals surface area contributed by atoms with Gasteiger partial charge in [0.1, 0.15) is 5.54 Å². The second-order valence-electron chi connectivity index (χ2n) is 6.03. The Balaban J connectivity index is 1.85. The molecule has 2 saturated carbocycles. The number of nitrogens with zero attached hydrogens (tertiary/aromatic N) is 2. The Morgan fingerprint density at radius 2 is 2.16 bits per heavy atom. The molecule has 0 heterocycles. The van der Waals surface area contributed by atoms with Crippen LogP contribution in [0.4, 0.5) is 8.78 Å². The number of hydrogen-bond donors (Lipinski definition) is 1. The van der Waals surface area contributed by atoms with Crippen molar-refractivity contribution in [3.63, 3.8) is 0 Å². The minimum absolute atomic E-state index is 0.178. The van der Waals surface area contributed by atoms with Gasteiger partial charge in [-0.1, -0.05) is 6.42 Å². The summed E-state index contributed by atoms with van der Waals surface area (Å²) in [6.45, 7) is 0.465. The number of nitriles is 1. The van der Waals surface area contributed by atoms with Gasteiger partial charge in [-0.25, -0.2) is 8.78 Å². The van der Waals surface area contributed by atoms with E-state index in [1.807, 2.05) is 0 Å². The van der Waals surface area contributed by atoms with Crippen molar-refractivity contribution < 1.29 is 8.78 Å². The van der Waals surface area contributed by atoms with E-state index in [0.29, 0.717) is 18.5 Å². The van der Waals surface area contributed by atoms with Crippen molar-refractivity contribution in [2.75, 3.05) is 20.1 Å². The molecule has 5 heteroatoms. The first-order valence-electron chi connectivity index (χ1n) is 7.21. The average molecular weight is 271 g/mol. The quantitative estimate of drug-likeness (QED) is 0.772. The molecule has 0 spiro atoms. The van der Waals surface area contributed by atoms with Crippen LogP contribution in [0.25, 0.3) is 0 Å². The van der Waals surface area contributed by atoms with Gasteiger partial charge in [0.25, 0.3) is 6.43 Å². The van der Waals surface area contributed by atoms with E-state index in [-0.39, 0.29) is 6.54 Å². The summed E-state index contributed by atoms with van der Waals surface area (Å²) in [7, 11) is 1.73. The average Bonchev–Trinajstić information content (AvgIpc) is 3.05. The third-order valence-electron chi connectivity index (χ3n) is 4.37. The highest BCUT2D eigenvalue weighted by Gasteiger charge is 2.45. The second kappa shape index (κ2) is 6.15. The summed E-state index contributed by atoms with van der Waals surface area (Å²) in [6, 6.07) is 3.00. The normalized spacial score (nSPS) is 31.1. The molecule has 0 amide bonds. The maximum Gasteiger partial charge on any atom is 0.251 e. The first-order chi connectivity index (χ1) is 9.05. The molecule has 0 saturated heterocycles. The van der Waals surface area contributed by atoms with Gasteiger partial charge in [0.15, 0.2) is 0 Å². The summed E-state index contributed by atoms with van der Waals surface area (Å²) >= 11 is 0. The van der Waals surface area contributed by atoms with Crippen molar-refractivity contribution in [1.29, 1.82) is 5.26 Å². The van der Waals surface area contributed by atoms with Gasteiger partial charge in [-0.15, -0.1) is 0 Å². The van der Waals surface area contributed by atoms with Crippen molar-refractivity contribution in [2.45, 2.75) is 56.5 Å². The van der Waals surface area contributed by atoms with Gasteiger partial charge >= 0.3 is 0 Å². The Morgan fingerprint density at radius 1 is 1.42 bits per heavy atom. The molecule has 2 aliphatic carbocycles. The lowest BCUT2D eigenvalue weighted by atomic mass is 9.85. The highest BCUT2D eigenvalue weighted by atomic mass is 19.3. The van der Waals surface area contributed by atoms with Crippen molar-refractivity contribution in [2.24, 2.45) is 5.92 Å². The van der Waals surface area contributed by atoms with E-state index in [2.05, 4.69) is 11.4 Å². The van der Waals surface area contributed by atoms with Crippen LogP contribution >= 0.6 is 0 Å². The summed E-state index contributed by atoms with van der Waals surface area (Å²) in [5.41, 5.74) is -0.396. The van der Waals surface area contributed by atoms with Crippen LogP contribution in [0.1, 0.15) is 38.5 Å². The summed E-state index contributed by atoms with van der Waals surface area (Å²) < 4.78 is 24.6. The first kappa shape index (κ1) is 14.7. The molecule has 2 fully saturated rings. The maximum atomic E-state index is 12.3. The molecule has 1 N–H and O–H groups in total. The van der Waals surface area contributed by atoms with E-state index in [1.54, 1.807) is 11.9 Å². The van der Waals surface area contributed by atoms with Gasteiger partial charge in [-0.3, -0.25) is 5.32 Å². The summed E-state index contributed by atoms with van der Waals surface area (Å²) in [5, 5.41) is 13.0. The lowest BCUT2D eigenvalue weighted by Crippen LogP contribution is -2.49. The van der Waals surface area contributed by atoms with Gasteiger partial charge in [0.2, 0.25) is 0 Å². The number of hydrogen-bond acceptors (Lipinski definition) is 3. The van der Waals surface area contributed by atoms with E-state index < -0.39 is 12.0 Å². The van der Waals surface area contributed by atoms with Gasteiger partial charge in [0.05, 0.1) is 12.6 Å². The van der Waals surface area contributed by atoms with Crippen LogP contribution in [0.3, 0.4) is 0 Å². The smallest absolute Gasteiger partial charge is 0.251 e. The lowest BCUT2D eigenvalue weighted by molar-refractivity contribution is 0.0960. The predicted molar refractivity (Wildman–Crippen MR) is 70.0 cm³/mol. The molecule has 19 heavy (non-hydrogen) atoms. The zero-order valence-electron chi connectivity index (χ0n) is 11.5. The highest BCUT2D eigenvalue weighted by Crippen LogP contribution is 2.40. The molecule has 0 aromatic carbocycles. The molecular weight excluding hydrogens is 248 g/mol. The summed E-state index contributed by atoms with van der Waals surface area (Å²) in [5.74, 6) is 0.304. The molecule has 0 aromatic heterocycles. The Kier molecular flexibility index (Phi) is 4.75. The topological polar surface area (TPSA) is 39.1 Å². The minimum Gasteiger partial charge on any atom is -0.301 e. The third kappa shape index (κ3) is 3.87. The zero-order valence-corrected chi connectivity index (χ0v) is 11.5. The molecule has 2 unspecified atom stereocenters. The molecule has 2 aliphatic rings. The van der Waals surface area contributed by atoms with Crippen molar-refractivity contribution in [1.82, 2.24) is 10.2 Å². The standard InChI is InChI=1S/C14H23F2N3/c1-19(9-13(15)16)8-6-11-3-2-7-14(11,10-17)18-12-4-5-12/h11-13,18H,2-9H2,1H3. The van der Waals surface area contributed by atoms with Gasteiger partial charge in [0, 0.05) is 6.04 Å². The minimum atomic E-state index is -2.28. The summed E-state index contributed by atoms with van der Waals surface area (Å²) in [4.78, 5) is 1.67. The van der Waals surface area contributed by atoms with Gasteiger partial charge < -0.3 is 4.90 Å². The van der Waals surface area contributed by atoms with Crippen LogP contribution in [-0.4, -0.2) is 43.0 Å². The van der Waals surface area contributed by atoms with Crippen LogP contribution in [0.15, 0.2) is 0 Å². The van der Waals surface area contributed by atoms with Crippen LogP contribution < -0.4 is 5.32 Å². The molecule has 3 nitrogen and oxygen atoms in total. The number of rotatable bonds is 7. The number of alkyl halides is 2. The molecule has 108 valence electrons. The van der Waals surface area contributed by atoms with Crippen LogP contribution in [0, 0.1) is 17.2 Å². The molecule has 0 aliphatic heterocycles. The molecule has 0 bridgehead atoms. The van der Waals surface area contributed by atoms with Crippen molar-refractivity contribution in [3.8, 4) is 6.07 Å². The highest BCUT2D eigenvalue weighted by molar-refractivity contribution is 5.16. The number of halogens is 2. The molecular formula is C14H23F2N3. The van der Waals surface area contributed by atoms with Crippen LogP contribution in [0.2, 0.25) is 0 Å². The predicted octanol–water partition coefficient (Wildman–Crippen LogP) is 2.39. The van der Waals surface area contributed by atoms with E-state index in [9.17, 15) is 14.0 Å². The number of nitrogens with one attached hydrogen (secondary N) is 1. The van der Waals surface area contributed by atoms with E-state index in [0.717, 1.165) is 25.7 Å². The summed E-state index contributed by atoms with van der Waals surface area (Å²) in [6.07, 6.45) is 3.90. The van der Waals surface area contributed by atoms with Gasteiger partial charge in [-0.2, -0.15) is 5.26 Å². The second-order valence-corrected chi connectivity index (χ2v) is 6.03. The molecule has 2 rings (SSSR count). The van der Waals surface area contributed by atoms with E-state index in [4.69, 9.17) is 0 Å². The van der Waals surface area contributed by atoms with Gasteiger partial charge in [-0.05, 0) is 51.6 Å². The van der Waals surface area contributed by atoms with E-state index >= 15 is 0 Å². The first-order valence-corrected chi connectivity index (χ1v) is 7.21. The zero-order chi connectivity index (χ0) is 13.9. The molecule has 2 atom stereocenters.